The lowest BCUT2D eigenvalue weighted by Crippen LogP contribution is -2.12. The highest BCUT2D eigenvalue weighted by Crippen LogP contribution is 2.27. The molecule has 114 valence electrons. The summed E-state index contributed by atoms with van der Waals surface area (Å²) < 4.78 is 15.1. The third kappa shape index (κ3) is 2.93. The highest BCUT2D eigenvalue weighted by atomic mass is 32.2. The van der Waals surface area contributed by atoms with Crippen LogP contribution in [0, 0.1) is 0 Å². The van der Waals surface area contributed by atoms with Crippen LogP contribution in [-0.2, 0) is 22.1 Å². The van der Waals surface area contributed by atoms with Crippen LogP contribution in [0.4, 0.5) is 5.95 Å². The smallest absolute Gasteiger partial charge is 0.223 e. The maximum atomic E-state index is 11.6. The lowest BCUT2D eigenvalue weighted by Gasteiger charge is -2.08. The Morgan fingerprint density at radius 2 is 2.27 bits per heavy atom. The molecule has 0 radical (unpaired) electrons. The summed E-state index contributed by atoms with van der Waals surface area (Å²) in [4.78, 5) is 19.8. The van der Waals surface area contributed by atoms with Gasteiger partial charge in [0.05, 0.1) is 27.6 Å². The van der Waals surface area contributed by atoms with Crippen LogP contribution in [0.5, 0.6) is 0 Å². The van der Waals surface area contributed by atoms with Crippen molar-refractivity contribution in [3.63, 3.8) is 0 Å². The number of anilines is 1. The Labute approximate surface area is 133 Å². The highest BCUT2D eigenvalue weighted by Gasteiger charge is 2.12. The van der Waals surface area contributed by atoms with Crippen molar-refractivity contribution in [3.8, 4) is 0 Å². The van der Waals surface area contributed by atoms with Crippen LogP contribution in [0.15, 0.2) is 34.9 Å². The van der Waals surface area contributed by atoms with Crippen molar-refractivity contribution < 1.29 is 9.00 Å². The largest absolute Gasteiger partial charge is 0.313 e. The number of fused-ring (bicyclic) bond motifs is 1. The highest BCUT2D eigenvalue weighted by molar-refractivity contribution is 7.86. The van der Waals surface area contributed by atoms with Crippen LogP contribution in [0.3, 0.4) is 0 Å². The van der Waals surface area contributed by atoms with E-state index in [2.05, 4.69) is 15.3 Å². The van der Waals surface area contributed by atoms with Crippen molar-refractivity contribution in [2.75, 3.05) is 11.6 Å². The van der Waals surface area contributed by atoms with Gasteiger partial charge in [-0.3, -0.25) is 14.3 Å². The van der Waals surface area contributed by atoms with E-state index in [-0.39, 0.29) is 5.91 Å². The minimum Gasteiger partial charge on any atom is -0.313 e. The number of thiazole rings is 1. The lowest BCUT2D eigenvalue weighted by atomic mass is 10.2. The normalized spacial score (nSPS) is 12.5. The van der Waals surface area contributed by atoms with Gasteiger partial charge in [-0.25, -0.2) is 9.97 Å². The van der Waals surface area contributed by atoms with E-state index in [9.17, 15) is 9.00 Å². The van der Waals surface area contributed by atoms with Gasteiger partial charge in [0, 0.05) is 25.6 Å². The molecule has 3 rings (SSSR count). The molecule has 0 saturated heterocycles. The van der Waals surface area contributed by atoms with E-state index in [1.807, 2.05) is 22.8 Å². The van der Waals surface area contributed by atoms with Crippen molar-refractivity contribution in [2.24, 2.45) is 0 Å². The van der Waals surface area contributed by atoms with E-state index in [4.69, 9.17) is 0 Å². The van der Waals surface area contributed by atoms with Gasteiger partial charge in [0.15, 0.2) is 4.34 Å². The summed E-state index contributed by atoms with van der Waals surface area (Å²) in [5, 5.41) is 2.69. The second kappa shape index (κ2) is 5.98. The second-order valence-electron chi connectivity index (χ2n) is 4.76. The molecule has 0 fully saturated rings. The van der Waals surface area contributed by atoms with Crippen molar-refractivity contribution in [1.29, 1.82) is 0 Å². The molecule has 0 spiro atoms. The molecule has 0 aliphatic rings. The molecule has 2 heterocycles. The van der Waals surface area contributed by atoms with Crippen molar-refractivity contribution >= 4 is 44.2 Å². The Hall–Kier alpha value is -2.06. The van der Waals surface area contributed by atoms with Crippen LogP contribution in [0.1, 0.15) is 12.5 Å². The number of carbonyl (C=O) groups is 1. The molecule has 1 N–H and O–H groups in total. The maximum Gasteiger partial charge on any atom is 0.223 e. The van der Waals surface area contributed by atoms with Crippen LogP contribution >= 0.6 is 11.3 Å². The van der Waals surface area contributed by atoms with Gasteiger partial charge in [-0.15, -0.1) is 11.3 Å². The minimum atomic E-state index is -1.09. The SMILES string of the molecule is CC(=O)Nc1nccn1Cc1cccc2sc(S(C)=O)nc12. The van der Waals surface area contributed by atoms with E-state index in [0.717, 1.165) is 15.8 Å². The van der Waals surface area contributed by atoms with Gasteiger partial charge in [-0.05, 0) is 11.6 Å². The summed E-state index contributed by atoms with van der Waals surface area (Å²) in [6.07, 6.45) is 5.07. The zero-order chi connectivity index (χ0) is 15.7. The first kappa shape index (κ1) is 14.9. The molecule has 8 heteroatoms. The van der Waals surface area contributed by atoms with Crippen LogP contribution in [-0.4, -0.2) is 30.9 Å². The molecular formula is C14H14N4O2S2. The first-order chi connectivity index (χ1) is 10.5. The zero-order valence-corrected chi connectivity index (χ0v) is 13.7. The molecule has 1 aromatic carbocycles. The molecule has 3 aromatic rings. The Morgan fingerprint density at radius 3 is 3.00 bits per heavy atom. The van der Waals surface area contributed by atoms with E-state index in [1.165, 1.54) is 18.3 Å². The van der Waals surface area contributed by atoms with Crippen molar-refractivity contribution in [3.05, 3.63) is 36.2 Å². The number of para-hydroxylation sites is 1. The number of hydrogen-bond acceptors (Lipinski definition) is 5. The Bertz CT molecular complexity index is 869. The minimum absolute atomic E-state index is 0.164. The molecule has 2 aromatic heterocycles. The number of hydrogen-bond donors (Lipinski definition) is 1. The molecule has 1 unspecified atom stereocenters. The monoisotopic (exact) mass is 334 g/mol. The van der Waals surface area contributed by atoms with Crippen LogP contribution < -0.4 is 5.32 Å². The fourth-order valence-electron chi connectivity index (χ4n) is 2.14. The quantitative estimate of drug-likeness (QED) is 0.794. The van der Waals surface area contributed by atoms with Crippen molar-refractivity contribution in [1.82, 2.24) is 14.5 Å². The zero-order valence-electron chi connectivity index (χ0n) is 12.1. The summed E-state index contributed by atoms with van der Waals surface area (Å²) in [5.74, 6) is 0.335. The predicted molar refractivity (Wildman–Crippen MR) is 87.6 cm³/mol. The first-order valence-electron chi connectivity index (χ1n) is 6.55. The van der Waals surface area contributed by atoms with E-state index < -0.39 is 10.8 Å². The number of aromatic nitrogens is 3. The average Bonchev–Trinajstić information content (AvgIpc) is 3.06. The maximum absolute atomic E-state index is 11.6. The third-order valence-electron chi connectivity index (χ3n) is 3.07. The van der Waals surface area contributed by atoms with Gasteiger partial charge in [0.25, 0.3) is 0 Å². The number of amides is 1. The van der Waals surface area contributed by atoms with Gasteiger partial charge < -0.3 is 4.57 Å². The van der Waals surface area contributed by atoms with Gasteiger partial charge in [-0.1, -0.05) is 12.1 Å². The topological polar surface area (TPSA) is 76.9 Å². The number of benzene rings is 1. The van der Waals surface area contributed by atoms with Crippen LogP contribution in [0.2, 0.25) is 0 Å². The molecule has 22 heavy (non-hydrogen) atoms. The average molecular weight is 334 g/mol. The van der Waals surface area contributed by atoms with Gasteiger partial charge >= 0.3 is 0 Å². The fraction of sp³-hybridized carbons (Fsp3) is 0.214. The molecule has 1 atom stereocenters. The Kier molecular flexibility index (Phi) is 4.04. The van der Waals surface area contributed by atoms with Gasteiger partial charge in [-0.2, -0.15) is 0 Å². The second-order valence-corrected chi connectivity index (χ2v) is 7.34. The number of rotatable bonds is 4. The summed E-state index contributed by atoms with van der Waals surface area (Å²) >= 11 is 1.44. The Balaban J connectivity index is 1.99. The number of nitrogens with zero attached hydrogens (tertiary/aromatic N) is 3. The first-order valence-corrected chi connectivity index (χ1v) is 8.92. The van der Waals surface area contributed by atoms with Gasteiger partial charge in [0.2, 0.25) is 11.9 Å². The molecular weight excluding hydrogens is 320 g/mol. The molecule has 1 amide bonds. The summed E-state index contributed by atoms with van der Waals surface area (Å²) in [5.41, 5.74) is 1.84. The standard InChI is InChI=1S/C14H14N4O2S2/c1-9(19)16-13-15-6-7-18(13)8-10-4-3-5-11-12(10)17-14(21-11)22(2)20/h3-7H,8H2,1-2H3,(H,15,16,19). The summed E-state index contributed by atoms with van der Waals surface area (Å²) in [7, 11) is -1.09. The molecule has 0 aliphatic heterocycles. The fourth-order valence-corrected chi connectivity index (χ4v) is 3.84. The third-order valence-corrected chi connectivity index (χ3v) is 5.43. The summed E-state index contributed by atoms with van der Waals surface area (Å²) in [6.45, 7) is 1.98. The van der Waals surface area contributed by atoms with E-state index >= 15 is 0 Å². The van der Waals surface area contributed by atoms with Gasteiger partial charge in [0.1, 0.15) is 0 Å². The van der Waals surface area contributed by atoms with Crippen LogP contribution in [0.25, 0.3) is 10.2 Å². The molecule has 6 nitrogen and oxygen atoms in total. The van der Waals surface area contributed by atoms with E-state index in [1.54, 1.807) is 18.6 Å². The number of imidazole rings is 1. The summed E-state index contributed by atoms with van der Waals surface area (Å²) in [6, 6.07) is 5.89. The molecule has 0 saturated carbocycles. The Morgan fingerprint density at radius 1 is 1.45 bits per heavy atom. The predicted octanol–water partition coefficient (Wildman–Crippen LogP) is 2.24. The molecule has 0 aliphatic carbocycles. The van der Waals surface area contributed by atoms with E-state index in [0.29, 0.717) is 16.8 Å². The number of nitrogens with one attached hydrogen (secondary N) is 1. The lowest BCUT2D eigenvalue weighted by molar-refractivity contribution is -0.114. The number of carbonyl (C=O) groups excluding carboxylic acids is 1. The molecule has 0 bridgehead atoms. The van der Waals surface area contributed by atoms with Crippen molar-refractivity contribution in [2.45, 2.75) is 17.8 Å².